The Morgan fingerprint density at radius 3 is 1.45 bits per heavy atom. The fourth-order valence-electron chi connectivity index (χ4n) is 2.35. The molecule has 3 rings (SSSR count). The highest BCUT2D eigenvalue weighted by atomic mass is 127. The zero-order chi connectivity index (χ0) is 34.0. The molecule has 0 bridgehead atoms. The van der Waals surface area contributed by atoms with Crippen LogP contribution in [0.2, 0.25) is 0 Å². The third-order valence-corrected chi connectivity index (χ3v) is 10.7. The Labute approximate surface area is 272 Å². The minimum Gasteiger partial charge on any atom is -0.741 e. The van der Waals surface area contributed by atoms with Gasteiger partial charge in [0.15, 0.2) is 40.8 Å². The highest BCUT2D eigenvalue weighted by Crippen LogP contribution is 2.27. The molecule has 0 aliphatic rings. The molecule has 0 amide bonds. The zero-order valence-electron chi connectivity index (χ0n) is 23.3. The summed E-state index contributed by atoms with van der Waals surface area (Å²) in [4.78, 5) is 0. The van der Waals surface area contributed by atoms with Gasteiger partial charge in [-0.1, -0.05) is 56.7 Å². The molecule has 0 N–H and O–H groups in total. The quantitative estimate of drug-likeness (QED) is 0.116. The van der Waals surface area contributed by atoms with Crippen LogP contribution < -0.4 is 47.1 Å². The van der Waals surface area contributed by atoms with E-state index in [9.17, 15) is 26.3 Å². The Kier molecular flexibility index (Phi) is 15.1. The molecule has 0 fully saturated rings. The number of hydrogen-bond acceptors (Lipinski definition) is 7. The number of rotatable bonds is 6. The number of halogens is 8. The van der Waals surface area contributed by atoms with Crippen molar-refractivity contribution in [1.29, 1.82) is 0 Å². The first-order valence-corrected chi connectivity index (χ1v) is 19.1. The molecule has 0 unspecified atom stereocenters. The summed E-state index contributed by atoms with van der Waals surface area (Å²) in [5, 5.41) is 0. The highest BCUT2D eigenvalue weighted by molar-refractivity contribution is 7.86. The van der Waals surface area contributed by atoms with Gasteiger partial charge in [0.05, 0.1) is 0 Å². The molecule has 44 heavy (non-hydrogen) atoms. The second-order valence-corrected chi connectivity index (χ2v) is 17.6. The van der Waals surface area contributed by atoms with Gasteiger partial charge in [0, 0.05) is 5.41 Å². The van der Waals surface area contributed by atoms with Crippen molar-refractivity contribution >= 4 is 20.2 Å². The van der Waals surface area contributed by atoms with Crippen LogP contribution in [0.3, 0.4) is 0 Å². The maximum atomic E-state index is 10.7. The Morgan fingerprint density at radius 2 is 1.07 bits per heavy atom. The number of aryl methyl sites for hydroxylation is 1. The highest BCUT2D eigenvalue weighted by Gasteiger charge is 2.37. The summed E-state index contributed by atoms with van der Waals surface area (Å²) < 4.78 is 131. The van der Waals surface area contributed by atoms with E-state index in [1.165, 1.54) is 16.3 Å². The van der Waals surface area contributed by atoms with Gasteiger partial charge < -0.3 is 13.8 Å². The van der Waals surface area contributed by atoms with Crippen LogP contribution in [-0.4, -0.2) is 37.0 Å². The molecule has 0 heterocycles. The van der Waals surface area contributed by atoms with Gasteiger partial charge in [-0.05, 0) is 55.5 Å². The summed E-state index contributed by atoms with van der Waals surface area (Å²) in [7, 11) is -12.2. The van der Waals surface area contributed by atoms with Crippen molar-refractivity contribution in [3.8, 4) is 5.75 Å². The first-order valence-electron chi connectivity index (χ1n) is 11.8. The third kappa shape index (κ3) is 15.4. The predicted octanol–water partition coefficient (Wildman–Crippen LogP) is 0.451. The van der Waals surface area contributed by atoms with E-state index in [4.69, 9.17) is 30.7 Å². The van der Waals surface area contributed by atoms with Crippen molar-refractivity contribution < 1.29 is 99.4 Å². The molecule has 0 saturated heterocycles. The second kappa shape index (κ2) is 16.6. The van der Waals surface area contributed by atoms with E-state index >= 15 is 0 Å². The molecule has 0 aliphatic carbocycles. The lowest BCUT2D eigenvalue weighted by Gasteiger charge is -2.21. The van der Waals surface area contributed by atoms with Crippen LogP contribution in [0.5, 0.6) is 5.75 Å². The summed E-state index contributed by atoms with van der Waals surface area (Å²) in [5.41, 5.74) is -10.1. The summed E-state index contributed by atoms with van der Waals surface area (Å²) >= 11 is -0.323. The van der Waals surface area contributed by atoms with Crippen molar-refractivity contribution in [3.05, 3.63) is 105 Å². The van der Waals surface area contributed by atoms with Crippen LogP contribution in [0, 0.1) is 23.0 Å². The lowest BCUT2D eigenvalue weighted by Crippen LogP contribution is -3.61. The van der Waals surface area contributed by atoms with Crippen molar-refractivity contribution in [2.24, 2.45) is 5.41 Å². The average Bonchev–Trinajstić information content (AvgIpc) is 2.87. The predicted molar refractivity (Wildman–Crippen MR) is 140 cm³/mol. The van der Waals surface area contributed by atoms with E-state index < -0.39 is 31.3 Å². The summed E-state index contributed by atoms with van der Waals surface area (Å²) in [5.74, 6) is 1.98. The molecule has 3 aromatic rings. The van der Waals surface area contributed by atoms with Crippen molar-refractivity contribution in [1.82, 2.24) is 0 Å². The van der Waals surface area contributed by atoms with E-state index in [1.54, 1.807) is 0 Å². The molecule has 0 atom stereocenters. The molecule has 7 nitrogen and oxygen atoms in total. The Balaban J connectivity index is 0.000000498. The largest absolute Gasteiger partial charge is 0.741 e. The van der Waals surface area contributed by atoms with Crippen LogP contribution in [-0.2, 0) is 20.2 Å². The normalized spacial score (nSPS) is 12.8. The number of ether oxygens (including phenoxy) is 1. The van der Waals surface area contributed by atoms with E-state index in [0.29, 0.717) is 0 Å². The van der Waals surface area contributed by atoms with Crippen LogP contribution in [0.25, 0.3) is 0 Å². The molecule has 244 valence electrons. The molecule has 0 spiro atoms. The Morgan fingerprint density at radius 1 is 0.682 bits per heavy atom. The average molecular weight is 894 g/mol. The lowest BCUT2D eigenvalue weighted by atomic mass is 9.95. The Hall–Kier alpha value is -1.94. The van der Waals surface area contributed by atoms with E-state index in [2.05, 4.69) is 111 Å². The van der Waals surface area contributed by atoms with Crippen LogP contribution in [0.1, 0.15) is 26.3 Å². The summed E-state index contributed by atoms with van der Waals surface area (Å²) in [6.45, 7) is 8.73. The van der Waals surface area contributed by atoms with Gasteiger partial charge >= 0.3 is 53.4 Å². The van der Waals surface area contributed by atoms with Crippen LogP contribution in [0.15, 0.2) is 88.7 Å². The fourth-order valence-corrected chi connectivity index (χ4v) is 7.05. The minimum atomic E-state index is -6.09. The molecular formula is C27H26F6I2O7S2. The van der Waals surface area contributed by atoms with Crippen LogP contribution >= 0.6 is 0 Å². The van der Waals surface area contributed by atoms with Gasteiger partial charge in [0.1, 0.15) is 5.75 Å². The maximum Gasteiger partial charge on any atom is 0.485 e. The number of alkyl halides is 6. The fraction of sp³-hybridized carbons (Fsp3) is 0.259. The first kappa shape index (κ1) is 40.1. The number of benzene rings is 3. The molecule has 0 aromatic heterocycles. The van der Waals surface area contributed by atoms with E-state index in [-0.39, 0.29) is 47.8 Å². The van der Waals surface area contributed by atoms with E-state index in [1.807, 2.05) is 0 Å². The van der Waals surface area contributed by atoms with Gasteiger partial charge in [-0.15, -0.1) is 0 Å². The van der Waals surface area contributed by atoms with Crippen molar-refractivity contribution in [3.63, 3.8) is 0 Å². The van der Waals surface area contributed by atoms with E-state index in [0.717, 1.165) is 11.5 Å². The van der Waals surface area contributed by atoms with Gasteiger partial charge in [0.25, 0.3) is 0 Å². The summed E-state index contributed by atoms with van der Waals surface area (Å²) in [6.07, 6.45) is 0. The smallest absolute Gasteiger partial charge is 0.485 e. The van der Waals surface area contributed by atoms with Crippen molar-refractivity contribution in [2.75, 3.05) is 0 Å². The van der Waals surface area contributed by atoms with Gasteiger partial charge in [-0.2, -0.15) is 26.3 Å². The molecule has 3 aromatic carbocycles. The monoisotopic (exact) mass is 894 g/mol. The van der Waals surface area contributed by atoms with Crippen LogP contribution in [0.4, 0.5) is 26.3 Å². The SMILES string of the molecule is Cc1ccc(O/C(=C/[I+]c2ccc([I+]c3ccccc3)cc2)C(C)(C)C)cc1.O=S(=O)([O-])C(F)(F)F.O=S(=O)([O-])C(F)(F)F. The molecule has 0 radical (unpaired) electrons. The second-order valence-electron chi connectivity index (χ2n) is 9.37. The first-order chi connectivity index (χ1) is 19.9. The minimum absolute atomic E-state index is 0.0106. The third-order valence-electron chi connectivity index (χ3n) is 4.59. The number of hydrogen-bond donors (Lipinski definition) is 0. The molecule has 17 heteroatoms. The lowest BCUT2D eigenvalue weighted by molar-refractivity contribution is -0.598. The summed E-state index contributed by atoms with van der Waals surface area (Å²) in [6, 6.07) is 28.3. The van der Waals surface area contributed by atoms with Gasteiger partial charge in [-0.3, -0.25) is 0 Å². The molecular weight excluding hydrogens is 868 g/mol. The van der Waals surface area contributed by atoms with Gasteiger partial charge in [-0.25, -0.2) is 16.8 Å². The standard InChI is InChI=1S/C25H26I2O.2CHF3O3S/c1-19-10-16-23(17-11-19)28-24(25(2,3)4)18-26-20-12-14-22(15-13-20)27-21-8-6-5-7-9-21;2*2-1(3,4)8(5,6)7/h5-18H,1-4H3;2*(H,5,6,7)/q+2;;/p-2/b24-18+;;. The molecule has 0 aliphatic heterocycles. The zero-order valence-corrected chi connectivity index (χ0v) is 29.2. The van der Waals surface area contributed by atoms with Crippen molar-refractivity contribution in [2.45, 2.75) is 38.7 Å². The maximum absolute atomic E-state index is 10.7. The topological polar surface area (TPSA) is 124 Å². The molecule has 0 saturated carbocycles. The Bertz CT molecular complexity index is 1530. The van der Waals surface area contributed by atoms with Gasteiger partial charge in [0.2, 0.25) is 0 Å². The number of allylic oxidation sites excluding steroid dienone is 1.